The Morgan fingerprint density at radius 2 is 2.33 bits per heavy atom. The van der Waals surface area contributed by atoms with E-state index >= 15 is 0 Å². The smallest absolute Gasteiger partial charge is 0.123 e. The second kappa shape index (κ2) is 3.84. The zero-order valence-corrected chi connectivity index (χ0v) is 6.50. The van der Waals surface area contributed by atoms with E-state index in [9.17, 15) is 4.39 Å². The van der Waals surface area contributed by atoms with Gasteiger partial charge in [-0.3, -0.25) is 0 Å². The van der Waals surface area contributed by atoms with E-state index < -0.39 is 0 Å². The molecule has 0 saturated carbocycles. The number of rotatable bonds is 2. The molecule has 0 amide bonds. The Bertz CT molecular complexity index is 304. The van der Waals surface area contributed by atoms with Gasteiger partial charge in [-0.1, -0.05) is 12.1 Å². The Hall–Kier alpha value is -1.40. The van der Waals surface area contributed by atoms with Crippen molar-refractivity contribution in [3.05, 3.63) is 35.6 Å². The summed E-state index contributed by atoms with van der Waals surface area (Å²) in [5.74, 6) is -0.319. The summed E-state index contributed by atoms with van der Waals surface area (Å²) in [4.78, 5) is 0. The SMILES string of the molecule is N#CC[C@@H](N)c1cccc(F)c1. The molecule has 0 spiro atoms. The van der Waals surface area contributed by atoms with Crippen LogP contribution in [-0.4, -0.2) is 0 Å². The van der Waals surface area contributed by atoms with Crippen LogP contribution < -0.4 is 5.73 Å². The summed E-state index contributed by atoms with van der Waals surface area (Å²) in [6.07, 6.45) is 0.212. The summed E-state index contributed by atoms with van der Waals surface area (Å²) in [7, 11) is 0. The molecule has 62 valence electrons. The van der Waals surface area contributed by atoms with E-state index in [1.807, 2.05) is 6.07 Å². The van der Waals surface area contributed by atoms with Gasteiger partial charge in [0.1, 0.15) is 5.82 Å². The lowest BCUT2D eigenvalue weighted by Gasteiger charge is -2.06. The van der Waals surface area contributed by atoms with Crippen LogP contribution in [0.1, 0.15) is 18.0 Å². The van der Waals surface area contributed by atoms with Crippen LogP contribution in [0.25, 0.3) is 0 Å². The van der Waals surface area contributed by atoms with Crippen molar-refractivity contribution in [2.24, 2.45) is 5.73 Å². The van der Waals surface area contributed by atoms with E-state index in [2.05, 4.69) is 0 Å². The van der Waals surface area contributed by atoms with E-state index in [0.717, 1.165) is 0 Å². The molecule has 12 heavy (non-hydrogen) atoms. The highest BCUT2D eigenvalue weighted by molar-refractivity contribution is 5.20. The van der Waals surface area contributed by atoms with Gasteiger partial charge in [0.2, 0.25) is 0 Å². The summed E-state index contributed by atoms with van der Waals surface area (Å²) < 4.78 is 12.6. The van der Waals surface area contributed by atoms with Crippen molar-refractivity contribution in [2.75, 3.05) is 0 Å². The van der Waals surface area contributed by atoms with Gasteiger partial charge in [0.15, 0.2) is 0 Å². The van der Waals surface area contributed by atoms with Crippen LogP contribution in [0.2, 0.25) is 0 Å². The maximum absolute atomic E-state index is 12.6. The lowest BCUT2D eigenvalue weighted by atomic mass is 10.1. The van der Waals surface area contributed by atoms with Gasteiger partial charge in [0.25, 0.3) is 0 Å². The largest absolute Gasteiger partial charge is 0.323 e. The Kier molecular flexibility index (Phi) is 2.78. The Balaban J connectivity index is 2.82. The minimum absolute atomic E-state index is 0.212. The molecule has 1 aromatic carbocycles. The molecule has 0 aliphatic rings. The van der Waals surface area contributed by atoms with Gasteiger partial charge in [0, 0.05) is 6.04 Å². The monoisotopic (exact) mass is 164 g/mol. The summed E-state index contributed by atoms with van der Waals surface area (Å²) >= 11 is 0. The molecular formula is C9H9FN2. The van der Waals surface area contributed by atoms with Gasteiger partial charge in [-0.2, -0.15) is 5.26 Å². The average molecular weight is 164 g/mol. The molecule has 1 aromatic rings. The highest BCUT2D eigenvalue weighted by Gasteiger charge is 2.04. The van der Waals surface area contributed by atoms with Crippen molar-refractivity contribution in [3.63, 3.8) is 0 Å². The van der Waals surface area contributed by atoms with Crippen LogP contribution >= 0.6 is 0 Å². The molecule has 0 saturated heterocycles. The molecule has 0 unspecified atom stereocenters. The number of hydrogen-bond donors (Lipinski definition) is 1. The summed E-state index contributed by atoms with van der Waals surface area (Å²) in [6, 6.07) is 7.55. The molecule has 0 fully saturated rings. The molecule has 1 rings (SSSR count). The molecule has 0 bridgehead atoms. The molecule has 2 N–H and O–H groups in total. The summed E-state index contributed by atoms with van der Waals surface area (Å²) in [6.45, 7) is 0. The van der Waals surface area contributed by atoms with Crippen molar-refractivity contribution in [1.29, 1.82) is 5.26 Å². The summed E-state index contributed by atoms with van der Waals surface area (Å²) in [5, 5.41) is 8.34. The number of nitrogens with zero attached hydrogens (tertiary/aromatic N) is 1. The van der Waals surface area contributed by atoms with Gasteiger partial charge >= 0.3 is 0 Å². The number of halogens is 1. The molecule has 3 heteroatoms. The minimum Gasteiger partial charge on any atom is -0.323 e. The molecule has 0 heterocycles. The molecule has 0 radical (unpaired) electrons. The van der Waals surface area contributed by atoms with Crippen molar-refractivity contribution in [2.45, 2.75) is 12.5 Å². The van der Waals surface area contributed by atoms with Crippen LogP contribution in [0.3, 0.4) is 0 Å². The molecule has 0 aliphatic carbocycles. The second-order valence-electron chi connectivity index (χ2n) is 2.52. The third kappa shape index (κ3) is 2.04. The maximum Gasteiger partial charge on any atom is 0.123 e. The van der Waals surface area contributed by atoms with Crippen LogP contribution in [0.4, 0.5) is 4.39 Å². The summed E-state index contributed by atoms with van der Waals surface area (Å²) in [5.41, 5.74) is 6.25. The number of nitriles is 1. The molecule has 0 aliphatic heterocycles. The number of hydrogen-bond acceptors (Lipinski definition) is 2. The highest BCUT2D eigenvalue weighted by atomic mass is 19.1. The predicted molar refractivity (Wildman–Crippen MR) is 43.6 cm³/mol. The molecule has 1 atom stereocenters. The average Bonchev–Trinajstić information content (AvgIpc) is 2.05. The van der Waals surface area contributed by atoms with Crippen molar-refractivity contribution in [3.8, 4) is 6.07 Å². The first-order valence-electron chi connectivity index (χ1n) is 3.62. The zero-order valence-electron chi connectivity index (χ0n) is 6.50. The van der Waals surface area contributed by atoms with Crippen LogP contribution in [0.5, 0.6) is 0 Å². The van der Waals surface area contributed by atoms with Gasteiger partial charge in [0.05, 0.1) is 12.5 Å². The third-order valence-electron chi connectivity index (χ3n) is 1.59. The van der Waals surface area contributed by atoms with Crippen LogP contribution in [-0.2, 0) is 0 Å². The van der Waals surface area contributed by atoms with Crippen molar-refractivity contribution < 1.29 is 4.39 Å². The molecule has 2 nitrogen and oxygen atoms in total. The Morgan fingerprint density at radius 1 is 1.58 bits per heavy atom. The lowest BCUT2D eigenvalue weighted by Crippen LogP contribution is -2.09. The quantitative estimate of drug-likeness (QED) is 0.723. The van der Waals surface area contributed by atoms with E-state index in [4.69, 9.17) is 11.0 Å². The van der Waals surface area contributed by atoms with Gasteiger partial charge in [-0.25, -0.2) is 4.39 Å². The molecule has 0 aromatic heterocycles. The fourth-order valence-electron chi connectivity index (χ4n) is 0.953. The topological polar surface area (TPSA) is 49.8 Å². The maximum atomic E-state index is 12.6. The van der Waals surface area contributed by atoms with Crippen molar-refractivity contribution in [1.82, 2.24) is 0 Å². The van der Waals surface area contributed by atoms with Crippen LogP contribution in [0.15, 0.2) is 24.3 Å². The standard InChI is InChI=1S/C9H9FN2/c10-8-3-1-2-7(6-8)9(12)4-5-11/h1-3,6,9H,4,12H2/t9-/m1/s1. The lowest BCUT2D eigenvalue weighted by molar-refractivity contribution is 0.620. The minimum atomic E-state index is -0.384. The van der Waals surface area contributed by atoms with Crippen LogP contribution in [0, 0.1) is 17.1 Å². The zero-order chi connectivity index (χ0) is 8.97. The van der Waals surface area contributed by atoms with Gasteiger partial charge in [-0.15, -0.1) is 0 Å². The first kappa shape index (κ1) is 8.69. The predicted octanol–water partition coefficient (Wildman–Crippen LogP) is 1.74. The van der Waals surface area contributed by atoms with Gasteiger partial charge < -0.3 is 5.73 Å². The normalized spacial score (nSPS) is 12.1. The Morgan fingerprint density at radius 3 is 2.92 bits per heavy atom. The first-order valence-corrected chi connectivity index (χ1v) is 3.62. The van der Waals surface area contributed by atoms with Gasteiger partial charge in [-0.05, 0) is 17.7 Å². The van der Waals surface area contributed by atoms with E-state index in [1.165, 1.54) is 12.1 Å². The number of benzene rings is 1. The fraction of sp³-hybridized carbons (Fsp3) is 0.222. The Labute approximate surface area is 70.4 Å². The van der Waals surface area contributed by atoms with E-state index in [-0.39, 0.29) is 18.3 Å². The number of nitrogens with two attached hydrogens (primary N) is 1. The first-order chi connectivity index (χ1) is 5.74. The molecular weight excluding hydrogens is 155 g/mol. The highest BCUT2D eigenvalue weighted by Crippen LogP contribution is 2.13. The third-order valence-corrected chi connectivity index (χ3v) is 1.59. The van der Waals surface area contributed by atoms with E-state index in [1.54, 1.807) is 12.1 Å². The fourth-order valence-corrected chi connectivity index (χ4v) is 0.953. The van der Waals surface area contributed by atoms with E-state index in [0.29, 0.717) is 5.56 Å². The van der Waals surface area contributed by atoms with Crippen molar-refractivity contribution >= 4 is 0 Å². The second-order valence-corrected chi connectivity index (χ2v) is 2.52.